The first-order valence-corrected chi connectivity index (χ1v) is 4.23. The number of anilines is 3. The maximum atomic E-state index is 11.0. The van der Waals surface area contributed by atoms with E-state index in [1.54, 1.807) is 6.92 Å². The monoisotopic (exact) mass is 212 g/mol. The molecule has 0 aromatic carbocycles. The summed E-state index contributed by atoms with van der Waals surface area (Å²) in [4.78, 5) is 14.7. The van der Waals surface area contributed by atoms with Gasteiger partial charge in [0.25, 0.3) is 0 Å². The molecule has 0 aliphatic carbocycles. The van der Waals surface area contributed by atoms with Crippen molar-refractivity contribution in [1.82, 2.24) is 4.98 Å². The number of nitrogens with two attached hydrogens (primary N) is 2. The average molecular weight is 212 g/mol. The lowest BCUT2D eigenvalue weighted by molar-refractivity contribution is 0.168. The van der Waals surface area contributed by atoms with Crippen LogP contribution in [0.1, 0.15) is 6.92 Å². The van der Waals surface area contributed by atoms with Gasteiger partial charge in [-0.15, -0.1) is 0 Å². The number of hydrogen-bond acceptors (Lipinski definition) is 6. The Kier molecular flexibility index (Phi) is 3.17. The van der Waals surface area contributed by atoms with E-state index in [9.17, 15) is 9.90 Å². The van der Waals surface area contributed by atoms with Gasteiger partial charge >= 0.3 is 6.09 Å². The fraction of sp³-hybridized carbons (Fsp3) is 0.250. The standard InChI is InChI=1S/C8H12N4O3/c1-2-15-8(14)12-5-3-4(13)6(9)7(10)11-5/h3H,2,9H2,1H3,(H4,10,11,12,13,14). The van der Waals surface area contributed by atoms with Crippen LogP contribution in [0.3, 0.4) is 0 Å². The molecule has 0 radical (unpaired) electrons. The number of ether oxygens (including phenoxy) is 1. The predicted octanol–water partition coefficient (Wildman–Crippen LogP) is 0.520. The van der Waals surface area contributed by atoms with Crippen molar-refractivity contribution >= 4 is 23.4 Å². The maximum Gasteiger partial charge on any atom is 0.412 e. The van der Waals surface area contributed by atoms with Crippen molar-refractivity contribution in [2.45, 2.75) is 6.92 Å². The third kappa shape index (κ3) is 2.63. The third-order valence-electron chi connectivity index (χ3n) is 1.57. The van der Waals surface area contributed by atoms with Crippen molar-refractivity contribution in [2.75, 3.05) is 23.4 Å². The first-order chi connectivity index (χ1) is 7.04. The second-order valence-corrected chi connectivity index (χ2v) is 2.67. The Morgan fingerprint density at radius 1 is 1.67 bits per heavy atom. The highest BCUT2D eigenvalue weighted by Gasteiger charge is 2.09. The van der Waals surface area contributed by atoms with Crippen molar-refractivity contribution in [1.29, 1.82) is 0 Å². The molecule has 0 aliphatic rings. The van der Waals surface area contributed by atoms with E-state index >= 15 is 0 Å². The zero-order chi connectivity index (χ0) is 11.4. The van der Waals surface area contributed by atoms with Gasteiger partial charge in [0.15, 0.2) is 5.82 Å². The summed E-state index contributed by atoms with van der Waals surface area (Å²) in [6.07, 6.45) is -0.673. The molecule has 1 heterocycles. The second-order valence-electron chi connectivity index (χ2n) is 2.67. The molecule has 7 nitrogen and oxygen atoms in total. The minimum absolute atomic E-state index is 0.0237. The lowest BCUT2D eigenvalue weighted by Gasteiger charge is -2.07. The van der Waals surface area contributed by atoms with Crippen LogP contribution in [0.4, 0.5) is 22.1 Å². The maximum absolute atomic E-state index is 11.0. The number of nitrogens with one attached hydrogen (secondary N) is 1. The van der Waals surface area contributed by atoms with Crippen molar-refractivity contribution < 1.29 is 14.6 Å². The zero-order valence-corrected chi connectivity index (χ0v) is 8.15. The SMILES string of the molecule is CCOC(=O)Nc1cc(O)c(N)c(N)n1. The quantitative estimate of drug-likeness (QED) is 0.566. The van der Waals surface area contributed by atoms with E-state index in [1.165, 1.54) is 6.07 Å². The molecule has 0 bridgehead atoms. The van der Waals surface area contributed by atoms with Gasteiger partial charge in [-0.25, -0.2) is 9.78 Å². The van der Waals surface area contributed by atoms with Crippen molar-refractivity contribution in [3.8, 4) is 5.75 Å². The molecule has 0 saturated carbocycles. The van der Waals surface area contributed by atoms with Crippen LogP contribution in [-0.4, -0.2) is 22.8 Å². The molecule has 0 spiro atoms. The molecule has 7 heteroatoms. The van der Waals surface area contributed by atoms with E-state index in [2.05, 4.69) is 15.0 Å². The highest BCUT2D eigenvalue weighted by molar-refractivity contribution is 5.85. The number of rotatable bonds is 2. The summed E-state index contributed by atoms with van der Waals surface area (Å²) in [5.41, 5.74) is 10.7. The zero-order valence-electron chi connectivity index (χ0n) is 8.15. The fourth-order valence-electron chi connectivity index (χ4n) is 0.897. The molecule has 0 saturated heterocycles. The summed E-state index contributed by atoms with van der Waals surface area (Å²) < 4.78 is 4.61. The Morgan fingerprint density at radius 3 is 2.87 bits per heavy atom. The number of amides is 1. The summed E-state index contributed by atoms with van der Waals surface area (Å²) in [5, 5.41) is 11.6. The van der Waals surface area contributed by atoms with E-state index in [1.807, 2.05) is 0 Å². The molecule has 6 N–H and O–H groups in total. The molecule has 82 valence electrons. The number of pyridine rings is 1. The van der Waals surface area contributed by atoms with E-state index in [0.717, 1.165) is 0 Å². The lowest BCUT2D eigenvalue weighted by atomic mass is 10.3. The Morgan fingerprint density at radius 2 is 2.33 bits per heavy atom. The van der Waals surface area contributed by atoms with Crippen LogP contribution in [0.25, 0.3) is 0 Å². The first kappa shape index (κ1) is 10.9. The normalized spacial score (nSPS) is 9.67. The number of carbonyl (C=O) groups excluding carboxylic acids is 1. The van der Waals surface area contributed by atoms with E-state index < -0.39 is 6.09 Å². The van der Waals surface area contributed by atoms with Gasteiger partial charge < -0.3 is 21.3 Å². The first-order valence-electron chi connectivity index (χ1n) is 4.23. The smallest absolute Gasteiger partial charge is 0.412 e. The third-order valence-corrected chi connectivity index (χ3v) is 1.57. The van der Waals surface area contributed by atoms with Crippen LogP contribution in [0.2, 0.25) is 0 Å². The number of nitrogens with zero attached hydrogens (tertiary/aromatic N) is 1. The van der Waals surface area contributed by atoms with Gasteiger partial charge in [-0.3, -0.25) is 5.32 Å². The van der Waals surface area contributed by atoms with Crippen molar-refractivity contribution in [3.05, 3.63) is 6.07 Å². The van der Waals surface area contributed by atoms with Gasteiger partial charge in [0, 0.05) is 6.07 Å². The second kappa shape index (κ2) is 4.36. The molecule has 0 aliphatic heterocycles. The lowest BCUT2D eigenvalue weighted by Crippen LogP contribution is -2.15. The summed E-state index contributed by atoms with van der Waals surface area (Å²) >= 11 is 0. The molecule has 0 atom stereocenters. The number of aromatic hydroxyl groups is 1. The van der Waals surface area contributed by atoms with Crippen LogP contribution in [0, 0.1) is 0 Å². The van der Waals surface area contributed by atoms with Crippen LogP contribution in [-0.2, 0) is 4.74 Å². The summed E-state index contributed by atoms with van der Waals surface area (Å²) in [6.45, 7) is 1.91. The minimum Gasteiger partial charge on any atom is -0.506 e. The van der Waals surface area contributed by atoms with E-state index in [4.69, 9.17) is 11.5 Å². The van der Waals surface area contributed by atoms with Gasteiger partial charge in [0.2, 0.25) is 0 Å². The molecule has 1 rings (SSSR count). The molecule has 1 aromatic rings. The van der Waals surface area contributed by atoms with Gasteiger partial charge in [0.05, 0.1) is 6.61 Å². The number of hydrogen-bond donors (Lipinski definition) is 4. The van der Waals surface area contributed by atoms with Crippen LogP contribution < -0.4 is 16.8 Å². The fourth-order valence-corrected chi connectivity index (χ4v) is 0.897. The summed E-state index contributed by atoms with van der Waals surface area (Å²) in [6, 6.07) is 1.18. The highest BCUT2D eigenvalue weighted by Crippen LogP contribution is 2.27. The molecular weight excluding hydrogens is 200 g/mol. The Hall–Kier alpha value is -2.18. The van der Waals surface area contributed by atoms with Gasteiger partial charge in [0.1, 0.15) is 17.3 Å². The Labute approximate surface area is 86.0 Å². The van der Waals surface area contributed by atoms with E-state index in [0.29, 0.717) is 0 Å². The van der Waals surface area contributed by atoms with Crippen LogP contribution in [0.15, 0.2) is 6.07 Å². The van der Waals surface area contributed by atoms with Gasteiger partial charge in [-0.05, 0) is 6.92 Å². The molecule has 15 heavy (non-hydrogen) atoms. The molecule has 0 fully saturated rings. The summed E-state index contributed by atoms with van der Waals surface area (Å²) in [5.74, 6) is -0.214. The molecule has 1 aromatic heterocycles. The number of nitrogen functional groups attached to an aromatic ring is 2. The highest BCUT2D eigenvalue weighted by atomic mass is 16.5. The van der Waals surface area contributed by atoms with Crippen LogP contribution >= 0.6 is 0 Å². The van der Waals surface area contributed by atoms with Gasteiger partial charge in [-0.1, -0.05) is 0 Å². The minimum atomic E-state index is -0.673. The predicted molar refractivity (Wildman–Crippen MR) is 55.4 cm³/mol. The number of carbonyl (C=O) groups is 1. The van der Waals surface area contributed by atoms with Crippen molar-refractivity contribution in [2.24, 2.45) is 0 Å². The van der Waals surface area contributed by atoms with Crippen molar-refractivity contribution in [3.63, 3.8) is 0 Å². The topological polar surface area (TPSA) is 123 Å². The molecular formula is C8H12N4O3. The largest absolute Gasteiger partial charge is 0.506 e. The van der Waals surface area contributed by atoms with Crippen LogP contribution in [0.5, 0.6) is 5.75 Å². The number of aromatic nitrogens is 1. The molecule has 1 amide bonds. The Bertz CT molecular complexity index is 357. The van der Waals surface area contributed by atoms with Gasteiger partial charge in [-0.2, -0.15) is 0 Å². The summed E-state index contributed by atoms with van der Waals surface area (Å²) in [7, 11) is 0. The van der Waals surface area contributed by atoms with E-state index in [-0.39, 0.29) is 29.7 Å². The average Bonchev–Trinajstić information content (AvgIpc) is 2.14. The Balaban J connectivity index is 2.83. The molecule has 0 unspecified atom stereocenters.